The topological polar surface area (TPSA) is 161 Å². The van der Waals surface area contributed by atoms with Crippen LogP contribution >= 0.6 is 0 Å². The van der Waals surface area contributed by atoms with Gasteiger partial charge in [0.25, 0.3) is 0 Å². The van der Waals surface area contributed by atoms with Gasteiger partial charge in [-0.25, -0.2) is 9.97 Å². The number of aliphatic hydroxyl groups excluding tert-OH is 1. The average molecular weight is 513 g/mol. The molecule has 3 heterocycles. The van der Waals surface area contributed by atoms with Gasteiger partial charge in [0, 0.05) is 30.9 Å². The summed E-state index contributed by atoms with van der Waals surface area (Å²) in [6, 6.07) is 10.8. The Labute approximate surface area is 206 Å². The summed E-state index contributed by atoms with van der Waals surface area (Å²) in [4.78, 5) is 21.4. The van der Waals surface area contributed by atoms with Gasteiger partial charge in [0.1, 0.15) is 35.3 Å². The number of hydrogen-bond donors (Lipinski definition) is 3. The van der Waals surface area contributed by atoms with E-state index in [0.717, 1.165) is 11.0 Å². The molecule has 1 aromatic carbocycles. The molecule has 0 spiro atoms. The molecule has 36 heavy (non-hydrogen) atoms. The molecule has 3 aromatic heterocycles. The van der Waals surface area contributed by atoms with Gasteiger partial charge < -0.3 is 14.8 Å². The van der Waals surface area contributed by atoms with Crippen LogP contribution < -0.4 is 10.0 Å². The van der Waals surface area contributed by atoms with Crippen molar-refractivity contribution in [3.8, 4) is 0 Å². The molecule has 4 aromatic rings. The number of furan rings is 1. The van der Waals surface area contributed by atoms with Gasteiger partial charge in [0.05, 0.1) is 18.2 Å². The van der Waals surface area contributed by atoms with Crippen LogP contribution in [0.25, 0.3) is 11.0 Å². The number of fused-ring (bicyclic) bond motifs is 1. The van der Waals surface area contributed by atoms with Gasteiger partial charge in [-0.15, -0.1) is 0 Å². The van der Waals surface area contributed by atoms with E-state index in [1.807, 2.05) is 30.3 Å². The van der Waals surface area contributed by atoms with Gasteiger partial charge in [-0.3, -0.25) is 13.7 Å². The summed E-state index contributed by atoms with van der Waals surface area (Å²) in [5.74, 6) is 0.585. The summed E-state index contributed by atoms with van der Waals surface area (Å²) >= 11 is 0. The lowest BCUT2D eigenvalue weighted by Gasteiger charge is -2.15. The number of carbonyl (C=O) groups excluding carboxylic acids is 1. The minimum absolute atomic E-state index is 0.200. The van der Waals surface area contributed by atoms with E-state index < -0.39 is 22.5 Å². The second-order valence-corrected chi connectivity index (χ2v) is 9.95. The Hall–Kier alpha value is -3.65. The molecule has 0 amide bonds. The van der Waals surface area contributed by atoms with Crippen molar-refractivity contribution in [2.45, 2.75) is 37.6 Å². The van der Waals surface area contributed by atoms with Crippen LogP contribution in [-0.4, -0.2) is 64.4 Å². The molecule has 0 saturated heterocycles. The molecule has 0 bridgehead atoms. The fourth-order valence-corrected chi connectivity index (χ4v) is 4.83. The number of nitrogens with zero attached hydrogens (tertiary/aromatic N) is 4. The molecule has 12 nitrogen and oxygen atoms in total. The first kappa shape index (κ1) is 24.1. The van der Waals surface area contributed by atoms with Crippen molar-refractivity contribution in [1.29, 1.82) is 0 Å². The van der Waals surface area contributed by atoms with Crippen LogP contribution in [0.3, 0.4) is 0 Å². The normalized spacial score (nSPS) is 20.1. The van der Waals surface area contributed by atoms with E-state index >= 15 is 0 Å². The molecule has 1 fully saturated rings. The van der Waals surface area contributed by atoms with E-state index in [0.29, 0.717) is 12.3 Å². The molecule has 188 valence electrons. The third-order valence-corrected chi connectivity index (χ3v) is 6.94. The third kappa shape index (κ3) is 5.14. The largest absolute Gasteiger partial charge is 0.459 e. The van der Waals surface area contributed by atoms with E-state index in [4.69, 9.17) is 8.60 Å². The standard InChI is InChI=1S/C23H24N6O6S/c1-24-36(32,33)35-21-10-15(9-19(21)30)27-23-17(11-25-13-26-23)22(31)18-6-7-29(28-18)12-16-8-14-4-2-3-5-20(14)34-16/h2-8,11,13,15,19,21,24,30H,9-10,12H2,1H3,(H,25,26,27)/t15-,19+,21-/m1/s1. The highest BCUT2D eigenvalue weighted by Gasteiger charge is 2.37. The average Bonchev–Trinajstić information content (AvgIpc) is 3.58. The minimum atomic E-state index is -3.95. The van der Waals surface area contributed by atoms with Gasteiger partial charge in [-0.05, 0) is 31.0 Å². The number of carbonyl (C=O) groups is 1. The van der Waals surface area contributed by atoms with E-state index in [2.05, 4.69) is 25.1 Å². The Morgan fingerprint density at radius 3 is 2.92 bits per heavy atom. The van der Waals surface area contributed by atoms with Gasteiger partial charge in [-0.1, -0.05) is 18.2 Å². The quantitative estimate of drug-likeness (QED) is 0.280. The van der Waals surface area contributed by atoms with E-state index in [9.17, 15) is 18.3 Å². The molecule has 3 atom stereocenters. The number of anilines is 1. The van der Waals surface area contributed by atoms with Gasteiger partial charge in [0.15, 0.2) is 0 Å². The molecule has 3 N–H and O–H groups in total. The Kier molecular flexibility index (Phi) is 6.53. The van der Waals surface area contributed by atoms with Crippen LogP contribution in [0.1, 0.15) is 34.7 Å². The monoisotopic (exact) mass is 512 g/mol. The van der Waals surface area contributed by atoms with E-state index in [1.165, 1.54) is 19.6 Å². The molecule has 1 aliphatic rings. The van der Waals surface area contributed by atoms with Gasteiger partial charge in [-0.2, -0.15) is 18.2 Å². The lowest BCUT2D eigenvalue weighted by atomic mass is 10.1. The van der Waals surface area contributed by atoms with Crippen LogP contribution in [0.5, 0.6) is 0 Å². The summed E-state index contributed by atoms with van der Waals surface area (Å²) in [6.07, 6.45) is 2.87. The first-order chi connectivity index (χ1) is 17.3. The van der Waals surface area contributed by atoms with Crippen molar-refractivity contribution in [2.75, 3.05) is 12.4 Å². The smallest absolute Gasteiger partial charge is 0.335 e. The summed E-state index contributed by atoms with van der Waals surface area (Å²) < 4.78 is 37.9. The number of rotatable bonds is 9. The number of hydrogen-bond acceptors (Lipinski definition) is 10. The number of aromatic nitrogens is 4. The van der Waals surface area contributed by atoms with Crippen LogP contribution in [-0.2, 0) is 21.0 Å². The predicted molar refractivity (Wildman–Crippen MR) is 129 cm³/mol. The predicted octanol–water partition coefficient (Wildman–Crippen LogP) is 1.48. The molecule has 0 radical (unpaired) electrons. The van der Waals surface area contributed by atoms with Gasteiger partial charge >= 0.3 is 10.3 Å². The molecule has 13 heteroatoms. The molecular weight excluding hydrogens is 488 g/mol. The Bertz CT molecular complexity index is 1470. The van der Waals surface area contributed by atoms with Crippen molar-refractivity contribution < 1.29 is 26.9 Å². The summed E-state index contributed by atoms with van der Waals surface area (Å²) in [5, 5.41) is 18.7. The van der Waals surface area contributed by atoms with Crippen molar-refractivity contribution in [2.24, 2.45) is 0 Å². The van der Waals surface area contributed by atoms with E-state index in [1.54, 1.807) is 16.9 Å². The molecule has 1 aliphatic carbocycles. The van der Waals surface area contributed by atoms with Crippen LogP contribution in [0.2, 0.25) is 0 Å². The lowest BCUT2D eigenvalue weighted by molar-refractivity contribution is 0.0636. The van der Waals surface area contributed by atoms with Crippen LogP contribution in [0.15, 0.2) is 59.5 Å². The zero-order valence-corrected chi connectivity index (χ0v) is 20.1. The molecular formula is C23H24N6O6S. The minimum Gasteiger partial charge on any atom is -0.459 e. The molecule has 0 unspecified atom stereocenters. The number of nitrogens with one attached hydrogen (secondary N) is 2. The highest BCUT2D eigenvalue weighted by molar-refractivity contribution is 7.84. The maximum Gasteiger partial charge on any atom is 0.335 e. The Balaban J connectivity index is 1.29. The highest BCUT2D eigenvalue weighted by Crippen LogP contribution is 2.28. The van der Waals surface area contributed by atoms with Crippen molar-refractivity contribution in [1.82, 2.24) is 24.5 Å². The molecule has 0 aliphatic heterocycles. The SMILES string of the molecule is CNS(=O)(=O)O[C@@H]1C[C@H](Nc2ncncc2C(=O)c2ccn(Cc3cc4ccccc4o3)n2)C[C@@H]1O. The summed E-state index contributed by atoms with van der Waals surface area (Å²) in [6.45, 7) is 0.356. The number of aliphatic hydroxyl groups is 1. The van der Waals surface area contributed by atoms with E-state index in [-0.39, 0.29) is 41.7 Å². The summed E-state index contributed by atoms with van der Waals surface area (Å²) in [5.41, 5.74) is 1.19. The van der Waals surface area contributed by atoms with Gasteiger partial charge in [0.2, 0.25) is 5.78 Å². The second kappa shape index (κ2) is 9.78. The van der Waals surface area contributed by atoms with Crippen molar-refractivity contribution in [3.05, 3.63) is 72.1 Å². The Morgan fingerprint density at radius 2 is 2.11 bits per heavy atom. The third-order valence-electron chi connectivity index (χ3n) is 5.94. The highest BCUT2D eigenvalue weighted by atomic mass is 32.2. The number of benzene rings is 1. The van der Waals surface area contributed by atoms with Crippen LogP contribution in [0.4, 0.5) is 5.82 Å². The van der Waals surface area contributed by atoms with Crippen molar-refractivity contribution >= 4 is 32.9 Å². The zero-order chi connectivity index (χ0) is 25.3. The fourth-order valence-electron chi connectivity index (χ4n) is 4.20. The van der Waals surface area contributed by atoms with Crippen molar-refractivity contribution in [3.63, 3.8) is 0 Å². The lowest BCUT2D eigenvalue weighted by Crippen LogP contribution is -2.31. The fraction of sp³-hybridized carbons (Fsp3) is 0.304. The summed E-state index contributed by atoms with van der Waals surface area (Å²) in [7, 11) is -2.73. The van der Waals surface area contributed by atoms with Crippen LogP contribution in [0, 0.1) is 0 Å². The maximum absolute atomic E-state index is 13.2. The molecule has 5 rings (SSSR count). The molecule has 1 saturated carbocycles. The number of para-hydroxylation sites is 1. The second-order valence-electron chi connectivity index (χ2n) is 8.44. The number of ketones is 1. The zero-order valence-electron chi connectivity index (χ0n) is 19.2. The first-order valence-corrected chi connectivity index (χ1v) is 12.6. The maximum atomic E-state index is 13.2. The first-order valence-electron chi connectivity index (χ1n) is 11.2. The Morgan fingerprint density at radius 1 is 1.28 bits per heavy atom.